The first-order valence-corrected chi connectivity index (χ1v) is 7.18. The number of thiophene rings is 1. The van der Waals surface area contributed by atoms with Gasteiger partial charge in [-0.15, -0.1) is 11.3 Å². The molecule has 3 rings (SSSR count). The molecule has 3 aromatic rings. The Morgan fingerprint density at radius 2 is 2.15 bits per heavy atom. The standard InChI is InChI=1S/C15H14FN3S/c16-13-4-3-11(9-17)12(8-13)10-19-6-5-18-15(19)14-2-1-7-20-14/h1-8H,9-10,17H2. The minimum absolute atomic E-state index is 0.241. The van der Waals surface area contributed by atoms with Crippen LogP contribution >= 0.6 is 11.3 Å². The first-order valence-electron chi connectivity index (χ1n) is 6.30. The van der Waals surface area contributed by atoms with Crippen molar-refractivity contribution in [1.82, 2.24) is 9.55 Å². The maximum atomic E-state index is 13.4. The Hall–Kier alpha value is -1.98. The predicted molar refractivity (Wildman–Crippen MR) is 78.9 cm³/mol. The van der Waals surface area contributed by atoms with Crippen molar-refractivity contribution in [3.8, 4) is 10.7 Å². The SMILES string of the molecule is NCc1ccc(F)cc1Cn1ccnc1-c1cccs1. The van der Waals surface area contributed by atoms with E-state index >= 15 is 0 Å². The third-order valence-corrected chi connectivity index (χ3v) is 4.05. The first kappa shape index (κ1) is 13.0. The van der Waals surface area contributed by atoms with Gasteiger partial charge < -0.3 is 10.3 Å². The van der Waals surface area contributed by atoms with Crippen molar-refractivity contribution in [2.45, 2.75) is 13.1 Å². The maximum Gasteiger partial charge on any atom is 0.150 e. The summed E-state index contributed by atoms with van der Waals surface area (Å²) in [4.78, 5) is 5.48. The van der Waals surface area contributed by atoms with Gasteiger partial charge in [0, 0.05) is 25.5 Å². The number of nitrogens with zero attached hydrogens (tertiary/aromatic N) is 2. The van der Waals surface area contributed by atoms with Gasteiger partial charge in [-0.1, -0.05) is 12.1 Å². The number of halogens is 1. The van der Waals surface area contributed by atoms with Crippen LogP contribution in [0.2, 0.25) is 0 Å². The fourth-order valence-electron chi connectivity index (χ4n) is 2.19. The van der Waals surface area contributed by atoms with E-state index in [4.69, 9.17) is 5.73 Å². The molecule has 0 aliphatic heterocycles. The summed E-state index contributed by atoms with van der Waals surface area (Å²) in [6, 6.07) is 8.75. The molecular formula is C15H14FN3S. The highest BCUT2D eigenvalue weighted by atomic mass is 32.1. The molecule has 0 bridgehead atoms. The van der Waals surface area contributed by atoms with Crippen molar-refractivity contribution in [1.29, 1.82) is 0 Å². The van der Waals surface area contributed by atoms with E-state index in [9.17, 15) is 4.39 Å². The number of aromatic nitrogens is 2. The fourth-order valence-corrected chi connectivity index (χ4v) is 2.93. The molecule has 0 aliphatic rings. The number of hydrogen-bond donors (Lipinski definition) is 1. The van der Waals surface area contributed by atoms with Crippen molar-refractivity contribution < 1.29 is 4.39 Å². The zero-order chi connectivity index (χ0) is 13.9. The van der Waals surface area contributed by atoms with E-state index in [2.05, 4.69) is 4.98 Å². The molecule has 1 aromatic carbocycles. The van der Waals surface area contributed by atoms with Crippen LogP contribution in [-0.4, -0.2) is 9.55 Å². The molecule has 0 fully saturated rings. The zero-order valence-corrected chi connectivity index (χ0v) is 11.6. The molecule has 0 unspecified atom stereocenters. The van der Waals surface area contributed by atoms with Gasteiger partial charge in [0.25, 0.3) is 0 Å². The Bertz CT molecular complexity index is 704. The highest BCUT2D eigenvalue weighted by molar-refractivity contribution is 7.13. The number of rotatable bonds is 4. The van der Waals surface area contributed by atoms with Crippen molar-refractivity contribution in [3.05, 3.63) is 65.0 Å². The lowest BCUT2D eigenvalue weighted by Gasteiger charge is -2.11. The van der Waals surface area contributed by atoms with Crippen LogP contribution in [0.15, 0.2) is 48.1 Å². The van der Waals surface area contributed by atoms with E-state index < -0.39 is 0 Å². The molecule has 0 aliphatic carbocycles. The molecule has 5 heteroatoms. The lowest BCUT2D eigenvalue weighted by atomic mass is 10.1. The number of hydrogen-bond acceptors (Lipinski definition) is 3. The Morgan fingerprint density at radius 3 is 2.90 bits per heavy atom. The second-order valence-electron chi connectivity index (χ2n) is 4.47. The number of imidazole rings is 1. The zero-order valence-electron chi connectivity index (χ0n) is 10.8. The van der Waals surface area contributed by atoms with Gasteiger partial charge in [-0.05, 0) is 34.7 Å². The maximum absolute atomic E-state index is 13.4. The minimum Gasteiger partial charge on any atom is -0.326 e. The molecule has 0 amide bonds. The number of nitrogens with two attached hydrogens (primary N) is 1. The second kappa shape index (κ2) is 5.56. The summed E-state index contributed by atoms with van der Waals surface area (Å²) in [6.45, 7) is 0.968. The molecule has 2 aromatic heterocycles. The van der Waals surface area contributed by atoms with Gasteiger partial charge in [-0.2, -0.15) is 0 Å². The summed E-state index contributed by atoms with van der Waals surface area (Å²) in [5.41, 5.74) is 7.56. The van der Waals surface area contributed by atoms with E-state index in [1.807, 2.05) is 28.3 Å². The average molecular weight is 287 g/mol. The highest BCUT2D eigenvalue weighted by Crippen LogP contribution is 2.24. The summed E-state index contributed by atoms with van der Waals surface area (Å²) in [5.74, 6) is 0.655. The summed E-state index contributed by atoms with van der Waals surface area (Å²) >= 11 is 1.64. The Balaban J connectivity index is 1.97. The van der Waals surface area contributed by atoms with E-state index in [-0.39, 0.29) is 5.82 Å². The minimum atomic E-state index is -0.241. The molecule has 0 atom stereocenters. The third-order valence-electron chi connectivity index (χ3n) is 3.19. The smallest absolute Gasteiger partial charge is 0.150 e. The Kier molecular flexibility index (Phi) is 3.62. The lowest BCUT2D eigenvalue weighted by Crippen LogP contribution is -2.07. The molecule has 102 valence electrons. The van der Waals surface area contributed by atoms with Crippen LogP contribution in [0.25, 0.3) is 10.7 Å². The summed E-state index contributed by atoms with van der Waals surface area (Å²) in [5, 5.41) is 2.02. The molecule has 0 saturated carbocycles. The van der Waals surface area contributed by atoms with E-state index in [1.54, 1.807) is 29.7 Å². The number of benzene rings is 1. The molecule has 0 radical (unpaired) electrons. The Morgan fingerprint density at radius 1 is 1.25 bits per heavy atom. The van der Waals surface area contributed by atoms with Crippen molar-refractivity contribution in [2.75, 3.05) is 0 Å². The second-order valence-corrected chi connectivity index (χ2v) is 5.42. The Labute approximate surface area is 120 Å². The van der Waals surface area contributed by atoms with Crippen LogP contribution in [0.5, 0.6) is 0 Å². The molecule has 2 N–H and O–H groups in total. The summed E-state index contributed by atoms with van der Waals surface area (Å²) < 4.78 is 15.4. The van der Waals surface area contributed by atoms with Gasteiger partial charge in [0.1, 0.15) is 11.6 Å². The fraction of sp³-hybridized carbons (Fsp3) is 0.133. The molecule has 0 saturated heterocycles. The van der Waals surface area contributed by atoms with Crippen LogP contribution in [-0.2, 0) is 13.1 Å². The molecule has 2 heterocycles. The normalized spacial score (nSPS) is 10.9. The van der Waals surface area contributed by atoms with Gasteiger partial charge in [0.2, 0.25) is 0 Å². The molecule has 20 heavy (non-hydrogen) atoms. The lowest BCUT2D eigenvalue weighted by molar-refractivity contribution is 0.622. The van der Waals surface area contributed by atoms with Crippen molar-refractivity contribution >= 4 is 11.3 Å². The molecular weight excluding hydrogens is 273 g/mol. The van der Waals surface area contributed by atoms with Crippen LogP contribution in [0.4, 0.5) is 4.39 Å². The van der Waals surface area contributed by atoms with Gasteiger partial charge >= 0.3 is 0 Å². The van der Waals surface area contributed by atoms with E-state index in [0.717, 1.165) is 21.8 Å². The molecule has 0 spiro atoms. The van der Waals surface area contributed by atoms with E-state index in [1.165, 1.54) is 6.07 Å². The average Bonchev–Trinajstić information content (AvgIpc) is 3.09. The van der Waals surface area contributed by atoms with Crippen LogP contribution in [0, 0.1) is 5.82 Å². The topological polar surface area (TPSA) is 43.8 Å². The van der Waals surface area contributed by atoms with Crippen molar-refractivity contribution in [2.24, 2.45) is 5.73 Å². The third kappa shape index (κ3) is 2.50. The van der Waals surface area contributed by atoms with Gasteiger partial charge in [-0.25, -0.2) is 9.37 Å². The molecule has 3 nitrogen and oxygen atoms in total. The van der Waals surface area contributed by atoms with Crippen molar-refractivity contribution in [3.63, 3.8) is 0 Å². The summed E-state index contributed by atoms with van der Waals surface area (Å²) in [7, 11) is 0. The van der Waals surface area contributed by atoms with Gasteiger partial charge in [-0.3, -0.25) is 0 Å². The van der Waals surface area contributed by atoms with E-state index in [0.29, 0.717) is 13.1 Å². The predicted octanol–water partition coefficient (Wildman–Crippen LogP) is 3.26. The van der Waals surface area contributed by atoms with Crippen LogP contribution < -0.4 is 5.73 Å². The van der Waals surface area contributed by atoms with Crippen LogP contribution in [0.3, 0.4) is 0 Å². The van der Waals surface area contributed by atoms with Gasteiger partial charge in [0.15, 0.2) is 0 Å². The monoisotopic (exact) mass is 287 g/mol. The van der Waals surface area contributed by atoms with Crippen LogP contribution in [0.1, 0.15) is 11.1 Å². The summed E-state index contributed by atoms with van der Waals surface area (Å²) in [6.07, 6.45) is 3.66. The van der Waals surface area contributed by atoms with Gasteiger partial charge in [0.05, 0.1) is 4.88 Å². The largest absolute Gasteiger partial charge is 0.326 e. The highest BCUT2D eigenvalue weighted by Gasteiger charge is 2.09. The first-order chi connectivity index (χ1) is 9.78. The quantitative estimate of drug-likeness (QED) is 0.800.